The molecular formula is C28H33N3O. The van der Waals surface area contributed by atoms with Crippen LogP contribution in [-0.4, -0.2) is 13.1 Å². The fraction of sp³-hybridized carbons (Fsp3) is 0.429. The van der Waals surface area contributed by atoms with Gasteiger partial charge in [0.1, 0.15) is 29.2 Å². The second-order valence-corrected chi connectivity index (χ2v) is 9.91. The summed E-state index contributed by atoms with van der Waals surface area (Å²) in [6.07, 6.45) is 10.0. The van der Waals surface area contributed by atoms with Crippen molar-refractivity contribution >= 4 is 11.8 Å². The monoisotopic (exact) mass is 427 g/mol. The molecule has 0 aliphatic carbocycles. The zero-order chi connectivity index (χ0) is 23.5. The molecule has 2 heterocycles. The maximum absolute atomic E-state index is 8.88. The van der Waals surface area contributed by atoms with E-state index in [0.29, 0.717) is 17.9 Å². The first kappa shape index (κ1) is 23.4. The zero-order valence-electron chi connectivity index (χ0n) is 20.0. The minimum atomic E-state index is 0.0445. The third kappa shape index (κ3) is 4.81. The van der Waals surface area contributed by atoms with Crippen LogP contribution < -0.4 is 4.90 Å². The van der Waals surface area contributed by atoms with Crippen molar-refractivity contribution in [2.24, 2.45) is 0 Å². The summed E-state index contributed by atoms with van der Waals surface area (Å²) in [6, 6.07) is 8.34. The van der Waals surface area contributed by atoms with E-state index in [0.717, 1.165) is 31.5 Å². The average Bonchev–Trinajstić information content (AvgIpc) is 2.76. The van der Waals surface area contributed by atoms with Gasteiger partial charge in [0.25, 0.3) is 0 Å². The number of hydrogen-bond donors (Lipinski definition) is 0. The van der Waals surface area contributed by atoms with Crippen LogP contribution in [0.1, 0.15) is 70.6 Å². The molecule has 2 aliphatic heterocycles. The number of allylic oxidation sites excluding steroid dienone is 5. The van der Waals surface area contributed by atoms with Crippen LogP contribution in [0.5, 0.6) is 0 Å². The van der Waals surface area contributed by atoms with Crippen molar-refractivity contribution in [1.82, 2.24) is 0 Å². The minimum Gasteiger partial charge on any atom is -0.462 e. The van der Waals surface area contributed by atoms with Gasteiger partial charge in [-0.15, -0.1) is 0 Å². The van der Waals surface area contributed by atoms with Crippen molar-refractivity contribution < 1.29 is 4.74 Å². The molecule has 0 saturated carbocycles. The van der Waals surface area contributed by atoms with Crippen molar-refractivity contribution in [2.45, 2.75) is 64.7 Å². The highest BCUT2D eigenvalue weighted by Crippen LogP contribution is 2.49. The lowest BCUT2D eigenvalue weighted by Gasteiger charge is -2.48. The van der Waals surface area contributed by atoms with E-state index in [4.69, 9.17) is 15.3 Å². The van der Waals surface area contributed by atoms with Crippen LogP contribution in [0.2, 0.25) is 0 Å². The highest BCUT2D eigenvalue weighted by Gasteiger charge is 2.39. The first-order chi connectivity index (χ1) is 15.1. The van der Waals surface area contributed by atoms with Crippen molar-refractivity contribution in [1.29, 1.82) is 10.5 Å². The summed E-state index contributed by atoms with van der Waals surface area (Å²) in [5.41, 5.74) is 5.80. The maximum Gasteiger partial charge on any atom is 0.129 e. The van der Waals surface area contributed by atoms with Gasteiger partial charge in [-0.1, -0.05) is 47.3 Å². The number of anilines is 1. The summed E-state index contributed by atoms with van der Waals surface area (Å²) in [7, 11) is 0. The Bertz CT molecular complexity index is 1030. The van der Waals surface area contributed by atoms with Crippen molar-refractivity contribution in [3.63, 3.8) is 0 Å². The first-order valence-corrected chi connectivity index (χ1v) is 11.3. The molecule has 1 aromatic carbocycles. The van der Waals surface area contributed by atoms with E-state index in [-0.39, 0.29) is 16.4 Å². The van der Waals surface area contributed by atoms with Crippen LogP contribution in [0.25, 0.3) is 6.08 Å². The Morgan fingerprint density at radius 3 is 2.12 bits per heavy atom. The van der Waals surface area contributed by atoms with Crippen LogP contribution in [0.4, 0.5) is 5.69 Å². The Morgan fingerprint density at radius 2 is 1.62 bits per heavy atom. The lowest BCUT2D eigenvalue weighted by atomic mass is 9.69. The largest absolute Gasteiger partial charge is 0.462 e. The van der Waals surface area contributed by atoms with Gasteiger partial charge in [-0.2, -0.15) is 10.5 Å². The Kier molecular flexibility index (Phi) is 6.65. The van der Waals surface area contributed by atoms with Gasteiger partial charge in [-0.3, -0.25) is 0 Å². The van der Waals surface area contributed by atoms with Gasteiger partial charge in [0, 0.05) is 25.2 Å². The zero-order valence-corrected chi connectivity index (χ0v) is 20.0. The summed E-state index contributed by atoms with van der Waals surface area (Å²) >= 11 is 0. The van der Waals surface area contributed by atoms with Crippen LogP contribution in [0, 0.1) is 22.7 Å². The molecule has 0 unspecified atom stereocenters. The Balaban J connectivity index is 1.89. The van der Waals surface area contributed by atoms with E-state index in [2.05, 4.69) is 57.4 Å². The smallest absolute Gasteiger partial charge is 0.129 e. The van der Waals surface area contributed by atoms with E-state index in [1.54, 1.807) is 6.08 Å². The Morgan fingerprint density at radius 1 is 1.06 bits per heavy atom. The number of nitriles is 2. The summed E-state index contributed by atoms with van der Waals surface area (Å²) in [5.74, 6) is 1.18. The van der Waals surface area contributed by atoms with Crippen LogP contribution in [0.15, 0.2) is 54.0 Å². The van der Waals surface area contributed by atoms with Gasteiger partial charge in [0.2, 0.25) is 0 Å². The van der Waals surface area contributed by atoms with E-state index in [9.17, 15) is 0 Å². The molecule has 4 nitrogen and oxygen atoms in total. The molecular weight excluding hydrogens is 394 g/mol. The van der Waals surface area contributed by atoms with E-state index >= 15 is 0 Å². The third-order valence-electron chi connectivity index (χ3n) is 6.67. The highest BCUT2D eigenvalue weighted by atomic mass is 16.5. The Hall–Kier alpha value is -3.24. The topological polar surface area (TPSA) is 60.0 Å². The van der Waals surface area contributed by atoms with E-state index < -0.39 is 0 Å². The molecule has 2 aliphatic rings. The second-order valence-electron chi connectivity index (χ2n) is 9.91. The van der Waals surface area contributed by atoms with E-state index in [1.165, 1.54) is 22.9 Å². The lowest BCUT2D eigenvalue weighted by Crippen LogP contribution is -2.44. The number of nitrogens with zero attached hydrogens (tertiary/aromatic N) is 3. The molecule has 0 bridgehead atoms. The SMILES string of the molecule is C=C(/C=C/c1cc2c3c(c1)C(C)(C)CCN3CCC2(C)C)O/C(=C\C=C(C#N)C#N)CC. The molecule has 3 rings (SSSR count). The number of hydrogen-bond acceptors (Lipinski definition) is 4. The summed E-state index contributed by atoms with van der Waals surface area (Å²) in [6.45, 7) is 17.6. The van der Waals surface area contributed by atoms with Gasteiger partial charge in [-0.05, 0) is 70.7 Å². The van der Waals surface area contributed by atoms with Crippen LogP contribution in [-0.2, 0) is 15.6 Å². The Labute approximate surface area is 192 Å². The lowest BCUT2D eigenvalue weighted by molar-refractivity contribution is 0.311. The average molecular weight is 428 g/mol. The van der Waals surface area contributed by atoms with Crippen LogP contribution >= 0.6 is 0 Å². The summed E-state index contributed by atoms with van der Waals surface area (Å²) in [5, 5.41) is 17.8. The maximum atomic E-state index is 8.88. The second kappa shape index (κ2) is 9.09. The van der Waals surface area contributed by atoms with Gasteiger partial charge in [0.05, 0.1) is 0 Å². The standard InChI is InChI=1S/C28H33N3O/c1-7-23(11-10-22(18-29)19-30)32-20(2)8-9-21-16-24-26-25(17-21)28(5,6)13-15-31(26)14-12-27(24,3)4/h8-11,16-17H,2,7,12-15H2,1,3-6H3/b9-8+,23-11-. The molecule has 32 heavy (non-hydrogen) atoms. The summed E-state index contributed by atoms with van der Waals surface area (Å²) in [4.78, 5) is 2.57. The molecule has 166 valence electrons. The minimum absolute atomic E-state index is 0.0445. The fourth-order valence-corrected chi connectivity index (χ4v) is 4.45. The quantitative estimate of drug-likeness (QED) is 0.289. The van der Waals surface area contributed by atoms with Gasteiger partial charge < -0.3 is 9.64 Å². The molecule has 0 spiro atoms. The first-order valence-electron chi connectivity index (χ1n) is 11.3. The number of benzene rings is 1. The molecule has 0 aromatic heterocycles. The van der Waals surface area contributed by atoms with Gasteiger partial charge in [-0.25, -0.2) is 0 Å². The molecule has 0 N–H and O–H groups in total. The van der Waals surface area contributed by atoms with Crippen molar-refractivity contribution in [2.75, 3.05) is 18.0 Å². The molecule has 0 amide bonds. The van der Waals surface area contributed by atoms with Crippen molar-refractivity contribution in [3.8, 4) is 12.1 Å². The molecule has 0 saturated heterocycles. The van der Waals surface area contributed by atoms with Gasteiger partial charge >= 0.3 is 0 Å². The van der Waals surface area contributed by atoms with Gasteiger partial charge in [0.15, 0.2) is 0 Å². The van der Waals surface area contributed by atoms with Crippen molar-refractivity contribution in [3.05, 3.63) is 70.7 Å². The number of rotatable bonds is 6. The summed E-state index contributed by atoms with van der Waals surface area (Å²) < 4.78 is 5.85. The molecule has 0 radical (unpaired) electrons. The normalized spacial score (nSPS) is 18.3. The number of ether oxygens (including phenoxy) is 1. The predicted molar refractivity (Wildman–Crippen MR) is 131 cm³/mol. The molecule has 1 aromatic rings. The predicted octanol–water partition coefficient (Wildman–Crippen LogP) is 6.67. The highest BCUT2D eigenvalue weighted by molar-refractivity contribution is 5.72. The third-order valence-corrected chi connectivity index (χ3v) is 6.67. The van der Waals surface area contributed by atoms with E-state index in [1.807, 2.05) is 25.1 Å². The fourth-order valence-electron chi connectivity index (χ4n) is 4.45. The molecule has 0 fully saturated rings. The van der Waals surface area contributed by atoms with Crippen LogP contribution in [0.3, 0.4) is 0 Å². The molecule has 4 heteroatoms. The molecule has 0 atom stereocenters.